The third-order valence-electron chi connectivity index (χ3n) is 5.23. The second kappa shape index (κ2) is 10.1. The highest BCUT2D eigenvalue weighted by Gasteiger charge is 2.44. The Kier molecular flexibility index (Phi) is 7.20. The standard InChI is InChI=1S/C22H22F3N5O5/c1-2-9-34-29-19-16-20(30(11-26-16)21-18(33)17(32)14(10-31)35-21)28-15(27-19)8-7-12-5-3-4-6-13(12)22(23,24)25/h3-6,11,14,17-18,21,31-33H,2,9-10H2,1H3,(H,27,28,29)/t14-,17-,18-,21-/m1/s1. The van der Waals surface area contributed by atoms with E-state index in [1.54, 1.807) is 0 Å². The Morgan fingerprint density at radius 3 is 2.63 bits per heavy atom. The lowest BCUT2D eigenvalue weighted by atomic mass is 10.1. The van der Waals surface area contributed by atoms with E-state index < -0.39 is 42.9 Å². The first kappa shape index (κ1) is 24.8. The zero-order valence-corrected chi connectivity index (χ0v) is 18.4. The van der Waals surface area contributed by atoms with Crippen LogP contribution in [0, 0.1) is 11.8 Å². The summed E-state index contributed by atoms with van der Waals surface area (Å²) in [5.74, 6) is 4.96. The van der Waals surface area contributed by atoms with Crippen molar-refractivity contribution in [1.29, 1.82) is 0 Å². The maximum atomic E-state index is 13.3. The molecule has 0 amide bonds. The van der Waals surface area contributed by atoms with Crippen molar-refractivity contribution >= 4 is 17.0 Å². The number of fused-ring (bicyclic) bond motifs is 1. The second-order valence-corrected chi connectivity index (χ2v) is 7.69. The van der Waals surface area contributed by atoms with Crippen molar-refractivity contribution in [3.05, 3.63) is 47.5 Å². The number of anilines is 1. The van der Waals surface area contributed by atoms with Gasteiger partial charge < -0.3 is 20.1 Å². The highest BCUT2D eigenvalue weighted by atomic mass is 19.4. The van der Waals surface area contributed by atoms with Crippen molar-refractivity contribution < 1.29 is 38.1 Å². The van der Waals surface area contributed by atoms with Gasteiger partial charge in [-0.3, -0.25) is 9.40 Å². The number of ether oxygens (including phenoxy) is 1. The summed E-state index contributed by atoms with van der Waals surface area (Å²) in [7, 11) is 0. The van der Waals surface area contributed by atoms with Gasteiger partial charge in [0.2, 0.25) is 5.82 Å². The average Bonchev–Trinajstić information content (AvgIpc) is 3.38. The first-order valence-electron chi connectivity index (χ1n) is 10.7. The number of hydrogen-bond acceptors (Lipinski definition) is 9. The zero-order chi connectivity index (χ0) is 25.2. The summed E-state index contributed by atoms with van der Waals surface area (Å²) in [5, 5.41) is 29.9. The number of alkyl halides is 3. The Balaban J connectivity index is 1.78. The number of aliphatic hydroxyl groups excluding tert-OH is 3. The monoisotopic (exact) mass is 493 g/mol. The molecule has 0 spiro atoms. The van der Waals surface area contributed by atoms with E-state index in [-0.39, 0.29) is 28.4 Å². The van der Waals surface area contributed by atoms with Crippen LogP contribution < -0.4 is 5.48 Å². The molecule has 35 heavy (non-hydrogen) atoms. The number of rotatable bonds is 6. The van der Waals surface area contributed by atoms with Gasteiger partial charge in [0.1, 0.15) is 18.3 Å². The van der Waals surface area contributed by atoms with Crippen molar-refractivity contribution in [2.24, 2.45) is 0 Å². The highest BCUT2D eigenvalue weighted by Crippen LogP contribution is 2.33. The lowest BCUT2D eigenvalue weighted by Gasteiger charge is -2.16. The Hall–Kier alpha value is -3.28. The Morgan fingerprint density at radius 1 is 1.17 bits per heavy atom. The van der Waals surface area contributed by atoms with Crippen LogP contribution in [0.1, 0.15) is 36.5 Å². The molecule has 1 aliphatic heterocycles. The summed E-state index contributed by atoms with van der Waals surface area (Å²) in [6.07, 6.45) is -7.53. The normalized spacial score (nSPS) is 22.3. The molecule has 4 N–H and O–H groups in total. The van der Waals surface area contributed by atoms with Gasteiger partial charge in [-0.2, -0.15) is 18.2 Å². The van der Waals surface area contributed by atoms with Gasteiger partial charge in [0.05, 0.1) is 25.1 Å². The predicted octanol–water partition coefficient (Wildman–Crippen LogP) is 1.61. The van der Waals surface area contributed by atoms with Crippen LogP contribution in [0.5, 0.6) is 0 Å². The number of benzene rings is 1. The van der Waals surface area contributed by atoms with Gasteiger partial charge in [-0.25, -0.2) is 15.4 Å². The molecule has 0 unspecified atom stereocenters. The Morgan fingerprint density at radius 2 is 1.94 bits per heavy atom. The maximum Gasteiger partial charge on any atom is 0.417 e. The lowest BCUT2D eigenvalue weighted by Crippen LogP contribution is -2.33. The van der Waals surface area contributed by atoms with Gasteiger partial charge in [0, 0.05) is 5.56 Å². The third-order valence-corrected chi connectivity index (χ3v) is 5.23. The van der Waals surface area contributed by atoms with Gasteiger partial charge in [0.25, 0.3) is 0 Å². The van der Waals surface area contributed by atoms with Crippen molar-refractivity contribution in [2.45, 2.75) is 44.1 Å². The fraction of sp³-hybridized carbons (Fsp3) is 0.409. The number of nitrogens with one attached hydrogen (secondary N) is 1. The minimum atomic E-state index is -4.59. The van der Waals surface area contributed by atoms with Crippen molar-refractivity contribution in [3.8, 4) is 11.8 Å². The summed E-state index contributed by atoms with van der Waals surface area (Å²) in [6.45, 7) is 1.70. The molecular formula is C22H22F3N5O5. The third kappa shape index (κ3) is 5.07. The predicted molar refractivity (Wildman–Crippen MR) is 116 cm³/mol. The fourth-order valence-electron chi connectivity index (χ4n) is 3.52. The minimum absolute atomic E-state index is 0.0994. The molecule has 3 heterocycles. The number of imidazole rings is 1. The molecule has 1 aliphatic rings. The maximum absolute atomic E-state index is 13.3. The van der Waals surface area contributed by atoms with Gasteiger partial charge >= 0.3 is 6.18 Å². The van der Waals surface area contributed by atoms with Crippen LogP contribution in [-0.2, 0) is 15.8 Å². The van der Waals surface area contributed by atoms with Gasteiger partial charge in [-0.15, -0.1) is 0 Å². The van der Waals surface area contributed by atoms with Crippen LogP contribution in [-0.4, -0.2) is 66.4 Å². The van der Waals surface area contributed by atoms with Crippen LogP contribution in [0.4, 0.5) is 19.0 Å². The molecule has 10 nitrogen and oxygen atoms in total. The summed E-state index contributed by atoms with van der Waals surface area (Å²) >= 11 is 0. The van der Waals surface area contributed by atoms with Crippen molar-refractivity contribution in [2.75, 3.05) is 18.7 Å². The second-order valence-electron chi connectivity index (χ2n) is 7.69. The average molecular weight is 493 g/mol. The van der Waals surface area contributed by atoms with Crippen LogP contribution in [0.3, 0.4) is 0 Å². The molecule has 4 atom stereocenters. The van der Waals surface area contributed by atoms with Crippen LogP contribution >= 0.6 is 0 Å². The Bertz CT molecular complexity index is 1260. The fourth-order valence-corrected chi connectivity index (χ4v) is 3.52. The molecular weight excluding hydrogens is 471 g/mol. The summed E-state index contributed by atoms with van der Waals surface area (Å²) in [5.41, 5.74) is 1.82. The zero-order valence-electron chi connectivity index (χ0n) is 18.4. The van der Waals surface area contributed by atoms with E-state index in [2.05, 4.69) is 32.3 Å². The first-order valence-corrected chi connectivity index (χ1v) is 10.7. The smallest absolute Gasteiger partial charge is 0.394 e. The highest BCUT2D eigenvalue weighted by molar-refractivity contribution is 5.83. The number of halogens is 3. The molecule has 4 rings (SSSR count). The van der Waals surface area contributed by atoms with Crippen LogP contribution in [0.2, 0.25) is 0 Å². The van der Waals surface area contributed by atoms with Gasteiger partial charge in [-0.1, -0.05) is 25.0 Å². The summed E-state index contributed by atoms with van der Waals surface area (Å²) < 4.78 is 46.8. The number of hydrogen-bond donors (Lipinski definition) is 4. The molecule has 13 heteroatoms. The number of nitrogens with zero attached hydrogens (tertiary/aromatic N) is 4. The topological polar surface area (TPSA) is 135 Å². The molecule has 0 radical (unpaired) electrons. The van der Waals surface area contributed by atoms with Gasteiger partial charge in [0.15, 0.2) is 23.2 Å². The van der Waals surface area contributed by atoms with E-state index in [0.717, 1.165) is 6.07 Å². The van der Waals surface area contributed by atoms with E-state index in [1.807, 2.05) is 6.92 Å². The molecule has 2 aromatic heterocycles. The Labute approximate surface area is 197 Å². The summed E-state index contributed by atoms with van der Waals surface area (Å²) in [4.78, 5) is 18.1. The molecule has 1 fully saturated rings. The van der Waals surface area contributed by atoms with E-state index in [1.165, 1.54) is 29.1 Å². The van der Waals surface area contributed by atoms with E-state index in [9.17, 15) is 28.5 Å². The van der Waals surface area contributed by atoms with E-state index in [4.69, 9.17) is 9.57 Å². The molecule has 0 aliphatic carbocycles. The molecule has 1 saturated heterocycles. The van der Waals surface area contributed by atoms with Crippen LogP contribution in [0.15, 0.2) is 30.6 Å². The SMILES string of the molecule is CCCONc1nc(C#Cc2ccccc2C(F)(F)F)nc2c1ncn2[C@@H]1O[C@H](CO)[C@@H](O)[C@H]1O. The lowest BCUT2D eigenvalue weighted by molar-refractivity contribution is -0.137. The number of aromatic nitrogens is 4. The minimum Gasteiger partial charge on any atom is -0.394 e. The molecule has 1 aromatic carbocycles. The molecule has 3 aromatic rings. The number of aliphatic hydroxyl groups is 3. The molecule has 0 bridgehead atoms. The van der Waals surface area contributed by atoms with E-state index in [0.29, 0.717) is 13.0 Å². The molecule has 0 saturated carbocycles. The quantitative estimate of drug-likeness (QED) is 0.230. The summed E-state index contributed by atoms with van der Waals surface area (Å²) in [6, 6.07) is 4.87. The largest absolute Gasteiger partial charge is 0.417 e. The first-order chi connectivity index (χ1) is 16.7. The van der Waals surface area contributed by atoms with Crippen molar-refractivity contribution in [1.82, 2.24) is 19.5 Å². The van der Waals surface area contributed by atoms with Crippen molar-refractivity contribution in [3.63, 3.8) is 0 Å². The van der Waals surface area contributed by atoms with Gasteiger partial charge in [-0.05, 0) is 24.5 Å². The van der Waals surface area contributed by atoms with Crippen LogP contribution in [0.25, 0.3) is 11.2 Å². The van der Waals surface area contributed by atoms with E-state index >= 15 is 0 Å². The molecule has 186 valence electrons.